The fourth-order valence-corrected chi connectivity index (χ4v) is 3.29. The van der Waals surface area contributed by atoms with Gasteiger partial charge in [-0.1, -0.05) is 23.4 Å². The minimum Gasteiger partial charge on any atom is -0.452 e. The molecule has 6 nitrogen and oxygen atoms in total. The van der Waals surface area contributed by atoms with Gasteiger partial charge in [0.05, 0.1) is 12.1 Å². The Kier molecular flexibility index (Phi) is 4.61. The highest BCUT2D eigenvalue weighted by molar-refractivity contribution is 5.99. The number of fused-ring (bicyclic) bond motifs is 1. The van der Waals surface area contributed by atoms with E-state index in [1.165, 1.54) is 0 Å². The Morgan fingerprint density at radius 2 is 2.08 bits per heavy atom. The van der Waals surface area contributed by atoms with Crippen molar-refractivity contribution in [3.05, 3.63) is 46.8 Å². The lowest BCUT2D eigenvalue weighted by Gasteiger charge is -2.25. The zero-order valence-electron chi connectivity index (χ0n) is 14.9. The summed E-state index contributed by atoms with van der Waals surface area (Å²) in [5, 5.41) is 3.82. The van der Waals surface area contributed by atoms with Gasteiger partial charge in [-0.05, 0) is 45.7 Å². The molecule has 1 aliphatic rings. The number of hydrogen-bond donors (Lipinski definition) is 0. The SMILES string of the molecule is Cc1noc(C)c1CC(=O)O[C@H](C)C(=O)N1c2ccccc2C[C@H]1C. The number of aromatic nitrogens is 1. The summed E-state index contributed by atoms with van der Waals surface area (Å²) >= 11 is 0. The van der Waals surface area contributed by atoms with Crippen LogP contribution in [0.1, 0.15) is 36.4 Å². The number of amides is 1. The standard InChI is InChI=1S/C19H22N2O4/c1-11-9-15-7-5-6-8-17(15)21(11)19(23)14(4)24-18(22)10-16-12(2)20-25-13(16)3/h5-8,11,14H,9-10H2,1-4H3/t11-,14-/m1/s1. The van der Waals surface area contributed by atoms with Crippen molar-refractivity contribution in [3.8, 4) is 0 Å². The Morgan fingerprint density at radius 1 is 1.36 bits per heavy atom. The molecular weight excluding hydrogens is 320 g/mol. The van der Waals surface area contributed by atoms with E-state index in [1.807, 2.05) is 31.2 Å². The van der Waals surface area contributed by atoms with Gasteiger partial charge in [0.25, 0.3) is 5.91 Å². The quantitative estimate of drug-likeness (QED) is 0.799. The Morgan fingerprint density at radius 3 is 2.76 bits per heavy atom. The van der Waals surface area contributed by atoms with E-state index in [4.69, 9.17) is 9.26 Å². The Hall–Kier alpha value is -2.63. The van der Waals surface area contributed by atoms with Gasteiger partial charge >= 0.3 is 5.97 Å². The predicted octanol–water partition coefficient (Wildman–Crippen LogP) is 2.74. The molecular formula is C19H22N2O4. The van der Waals surface area contributed by atoms with Crippen molar-refractivity contribution in [1.82, 2.24) is 5.16 Å². The summed E-state index contributed by atoms with van der Waals surface area (Å²) in [6.07, 6.45) is 0.00799. The van der Waals surface area contributed by atoms with E-state index in [9.17, 15) is 9.59 Å². The number of rotatable bonds is 4. The maximum Gasteiger partial charge on any atom is 0.311 e. The molecule has 2 heterocycles. The number of para-hydroxylation sites is 1. The maximum atomic E-state index is 12.8. The van der Waals surface area contributed by atoms with Gasteiger partial charge in [0.1, 0.15) is 5.76 Å². The van der Waals surface area contributed by atoms with Crippen LogP contribution in [0.2, 0.25) is 0 Å². The van der Waals surface area contributed by atoms with Crippen molar-refractivity contribution in [3.63, 3.8) is 0 Å². The largest absolute Gasteiger partial charge is 0.452 e. The van der Waals surface area contributed by atoms with Gasteiger partial charge in [-0.15, -0.1) is 0 Å². The number of ether oxygens (including phenoxy) is 1. The van der Waals surface area contributed by atoms with E-state index in [0.29, 0.717) is 17.0 Å². The van der Waals surface area contributed by atoms with E-state index in [0.717, 1.165) is 17.7 Å². The molecule has 1 aliphatic heterocycles. The number of anilines is 1. The number of carbonyl (C=O) groups excluding carboxylic acids is 2. The number of esters is 1. The number of carbonyl (C=O) groups is 2. The molecule has 2 atom stereocenters. The van der Waals surface area contributed by atoms with Crippen molar-refractivity contribution < 1.29 is 18.8 Å². The average molecular weight is 342 g/mol. The molecule has 1 aromatic carbocycles. The summed E-state index contributed by atoms with van der Waals surface area (Å²) < 4.78 is 10.4. The number of nitrogens with zero attached hydrogens (tertiary/aromatic N) is 2. The highest BCUT2D eigenvalue weighted by atomic mass is 16.5. The van der Waals surface area contributed by atoms with Gasteiger partial charge < -0.3 is 14.2 Å². The van der Waals surface area contributed by atoms with Gasteiger partial charge in [0, 0.05) is 17.3 Å². The van der Waals surface area contributed by atoms with Crippen molar-refractivity contribution in [2.24, 2.45) is 0 Å². The van der Waals surface area contributed by atoms with E-state index in [2.05, 4.69) is 5.16 Å². The van der Waals surface area contributed by atoms with Gasteiger partial charge in [0.2, 0.25) is 0 Å². The third kappa shape index (κ3) is 3.29. The molecule has 0 saturated carbocycles. The first kappa shape index (κ1) is 17.2. The molecule has 3 rings (SSSR count). The van der Waals surface area contributed by atoms with Crippen LogP contribution in [-0.4, -0.2) is 29.2 Å². The summed E-state index contributed by atoms with van der Waals surface area (Å²) in [4.78, 5) is 26.7. The number of hydrogen-bond acceptors (Lipinski definition) is 5. The van der Waals surface area contributed by atoms with Gasteiger partial charge in [-0.3, -0.25) is 9.59 Å². The van der Waals surface area contributed by atoms with Crippen molar-refractivity contribution in [2.45, 2.75) is 52.7 Å². The first-order valence-corrected chi connectivity index (χ1v) is 8.40. The first-order valence-electron chi connectivity index (χ1n) is 8.40. The normalized spacial score (nSPS) is 17.3. The highest BCUT2D eigenvalue weighted by Gasteiger charge is 2.34. The molecule has 0 unspecified atom stereocenters. The van der Waals surface area contributed by atoms with Crippen LogP contribution in [0.3, 0.4) is 0 Å². The van der Waals surface area contributed by atoms with Crippen molar-refractivity contribution in [1.29, 1.82) is 0 Å². The van der Waals surface area contributed by atoms with Gasteiger partial charge in [0.15, 0.2) is 6.10 Å². The van der Waals surface area contributed by atoms with Crippen LogP contribution in [0.4, 0.5) is 5.69 Å². The predicted molar refractivity (Wildman–Crippen MR) is 92.3 cm³/mol. The second-order valence-corrected chi connectivity index (χ2v) is 6.50. The molecule has 0 fully saturated rings. The van der Waals surface area contributed by atoms with Crippen molar-refractivity contribution in [2.75, 3.05) is 4.90 Å². The molecule has 1 aromatic heterocycles. The van der Waals surface area contributed by atoms with E-state index in [1.54, 1.807) is 25.7 Å². The monoisotopic (exact) mass is 342 g/mol. The fraction of sp³-hybridized carbons (Fsp3) is 0.421. The average Bonchev–Trinajstić information content (AvgIpc) is 3.07. The molecule has 0 N–H and O–H groups in total. The van der Waals surface area contributed by atoms with Crippen LogP contribution in [0.5, 0.6) is 0 Å². The third-order valence-electron chi connectivity index (χ3n) is 4.60. The van der Waals surface area contributed by atoms with Crippen LogP contribution >= 0.6 is 0 Å². The minimum absolute atomic E-state index is 0.0466. The zero-order chi connectivity index (χ0) is 18.1. The highest BCUT2D eigenvalue weighted by Crippen LogP contribution is 2.32. The molecule has 0 bridgehead atoms. The van der Waals surface area contributed by atoms with Crippen LogP contribution < -0.4 is 4.90 Å². The summed E-state index contributed by atoms with van der Waals surface area (Å²) in [7, 11) is 0. The molecule has 25 heavy (non-hydrogen) atoms. The van der Waals surface area contributed by atoms with Crippen molar-refractivity contribution >= 4 is 17.6 Å². The summed E-state index contributed by atoms with van der Waals surface area (Å²) in [5.74, 6) is -0.0736. The van der Waals surface area contributed by atoms with E-state index in [-0.39, 0.29) is 18.4 Å². The molecule has 0 radical (unpaired) electrons. The fourth-order valence-electron chi connectivity index (χ4n) is 3.29. The van der Waals surface area contributed by atoms with Crippen LogP contribution in [0.25, 0.3) is 0 Å². The Bertz CT molecular complexity index is 792. The van der Waals surface area contributed by atoms with Crippen LogP contribution in [-0.2, 0) is 27.2 Å². The summed E-state index contributed by atoms with van der Waals surface area (Å²) in [5.41, 5.74) is 3.41. The topological polar surface area (TPSA) is 72.6 Å². The minimum atomic E-state index is -0.846. The molecule has 2 aromatic rings. The zero-order valence-corrected chi connectivity index (χ0v) is 14.9. The van der Waals surface area contributed by atoms with Gasteiger partial charge in [-0.25, -0.2) is 0 Å². The lowest BCUT2D eigenvalue weighted by molar-refractivity contribution is -0.153. The second-order valence-electron chi connectivity index (χ2n) is 6.50. The second kappa shape index (κ2) is 6.70. The maximum absolute atomic E-state index is 12.8. The molecule has 132 valence electrons. The summed E-state index contributed by atoms with van der Waals surface area (Å²) in [6, 6.07) is 7.87. The van der Waals surface area contributed by atoms with E-state index < -0.39 is 12.1 Å². The number of benzene rings is 1. The van der Waals surface area contributed by atoms with Gasteiger partial charge in [-0.2, -0.15) is 0 Å². The van der Waals surface area contributed by atoms with Crippen LogP contribution in [0, 0.1) is 13.8 Å². The van der Waals surface area contributed by atoms with Crippen LogP contribution in [0.15, 0.2) is 28.8 Å². The molecule has 0 aliphatic carbocycles. The number of aryl methyl sites for hydroxylation is 2. The smallest absolute Gasteiger partial charge is 0.311 e. The lowest BCUT2D eigenvalue weighted by atomic mass is 10.1. The molecule has 1 amide bonds. The Labute approximate surface area is 146 Å². The Balaban J connectivity index is 1.68. The third-order valence-corrected chi connectivity index (χ3v) is 4.60. The van der Waals surface area contributed by atoms with E-state index >= 15 is 0 Å². The lowest BCUT2D eigenvalue weighted by Crippen LogP contribution is -2.43. The summed E-state index contributed by atoms with van der Waals surface area (Å²) in [6.45, 7) is 7.13. The first-order chi connectivity index (χ1) is 11.9. The molecule has 6 heteroatoms. The molecule has 0 saturated heterocycles. The molecule has 0 spiro atoms.